The molecule has 1 N–H and O–H groups in total. The average molecular weight is 210 g/mol. The first kappa shape index (κ1) is 10.9. The predicted molar refractivity (Wildman–Crippen MR) is 60.7 cm³/mol. The van der Waals surface area contributed by atoms with E-state index in [1.807, 2.05) is 0 Å². The number of amides is 1. The van der Waals surface area contributed by atoms with Gasteiger partial charge in [0.25, 0.3) is 0 Å². The smallest absolute Gasteiger partial charge is 0.239 e. The average Bonchev–Trinajstić information content (AvgIpc) is 2.30. The topological polar surface area (TPSA) is 32.3 Å². The Morgan fingerprint density at radius 2 is 2.00 bits per heavy atom. The van der Waals surface area contributed by atoms with Crippen LogP contribution in [0, 0.1) is 0 Å². The van der Waals surface area contributed by atoms with Gasteiger partial charge in [-0.2, -0.15) is 0 Å². The van der Waals surface area contributed by atoms with Crippen LogP contribution in [-0.2, 0) is 4.79 Å². The summed E-state index contributed by atoms with van der Waals surface area (Å²) in [5.74, 6) is 0.349. The molecular weight excluding hydrogens is 188 g/mol. The van der Waals surface area contributed by atoms with Gasteiger partial charge in [0.2, 0.25) is 5.91 Å². The highest BCUT2D eigenvalue weighted by Crippen LogP contribution is 2.19. The molecule has 1 amide bonds. The summed E-state index contributed by atoms with van der Waals surface area (Å²) in [5.41, 5.74) is 0. The Kier molecular flexibility index (Phi) is 3.62. The van der Waals surface area contributed by atoms with Gasteiger partial charge in [0.05, 0.1) is 6.04 Å². The van der Waals surface area contributed by atoms with Crippen LogP contribution in [0.3, 0.4) is 0 Å². The van der Waals surface area contributed by atoms with Crippen molar-refractivity contribution in [2.75, 3.05) is 13.1 Å². The molecule has 3 heteroatoms. The molecule has 2 heterocycles. The largest absolute Gasteiger partial charge is 0.339 e. The van der Waals surface area contributed by atoms with Gasteiger partial charge in [0, 0.05) is 12.6 Å². The van der Waals surface area contributed by atoms with E-state index < -0.39 is 0 Å². The summed E-state index contributed by atoms with van der Waals surface area (Å²) < 4.78 is 0. The molecule has 2 fully saturated rings. The molecule has 2 saturated heterocycles. The van der Waals surface area contributed by atoms with Gasteiger partial charge in [-0.25, -0.2) is 0 Å². The van der Waals surface area contributed by atoms with Crippen LogP contribution in [0.15, 0.2) is 0 Å². The molecule has 86 valence electrons. The minimum Gasteiger partial charge on any atom is -0.339 e. The van der Waals surface area contributed by atoms with Crippen molar-refractivity contribution in [2.45, 2.75) is 57.5 Å². The lowest BCUT2D eigenvalue weighted by Gasteiger charge is -2.37. The molecule has 0 radical (unpaired) electrons. The Balaban J connectivity index is 1.92. The molecule has 0 aromatic heterocycles. The van der Waals surface area contributed by atoms with Gasteiger partial charge in [-0.1, -0.05) is 6.42 Å². The molecule has 2 atom stereocenters. The zero-order valence-corrected chi connectivity index (χ0v) is 9.67. The molecule has 0 spiro atoms. The molecule has 0 aromatic carbocycles. The molecule has 3 nitrogen and oxygen atoms in total. The number of nitrogens with one attached hydrogen (secondary N) is 1. The van der Waals surface area contributed by atoms with Crippen molar-refractivity contribution < 1.29 is 4.79 Å². The Labute approximate surface area is 92.2 Å². The van der Waals surface area contributed by atoms with E-state index >= 15 is 0 Å². The fourth-order valence-corrected chi connectivity index (χ4v) is 2.69. The second kappa shape index (κ2) is 4.97. The molecule has 1 unspecified atom stereocenters. The van der Waals surface area contributed by atoms with Crippen molar-refractivity contribution >= 4 is 5.91 Å². The van der Waals surface area contributed by atoms with E-state index in [2.05, 4.69) is 17.1 Å². The Morgan fingerprint density at radius 1 is 1.20 bits per heavy atom. The van der Waals surface area contributed by atoms with Crippen molar-refractivity contribution in [1.82, 2.24) is 10.2 Å². The predicted octanol–water partition coefficient (Wildman–Crippen LogP) is 1.53. The maximum absolute atomic E-state index is 12.2. The third kappa shape index (κ3) is 2.51. The molecule has 15 heavy (non-hydrogen) atoms. The fourth-order valence-electron chi connectivity index (χ4n) is 2.69. The molecule has 0 aromatic rings. The van der Waals surface area contributed by atoms with Gasteiger partial charge in [-0.3, -0.25) is 4.79 Å². The number of hydrogen-bond acceptors (Lipinski definition) is 2. The zero-order valence-electron chi connectivity index (χ0n) is 9.67. The molecule has 2 aliphatic heterocycles. The number of likely N-dealkylation sites (tertiary alicyclic amines) is 1. The lowest BCUT2D eigenvalue weighted by molar-refractivity contribution is -0.137. The lowest BCUT2D eigenvalue weighted by atomic mass is 9.99. The number of carbonyl (C=O) groups is 1. The number of hydrogen-bond donors (Lipinski definition) is 1. The molecule has 0 bridgehead atoms. The third-order valence-corrected chi connectivity index (χ3v) is 3.69. The van der Waals surface area contributed by atoms with Gasteiger partial charge in [0.1, 0.15) is 0 Å². The van der Waals surface area contributed by atoms with E-state index in [1.54, 1.807) is 0 Å². The van der Waals surface area contributed by atoms with Crippen LogP contribution in [0.5, 0.6) is 0 Å². The first-order valence-electron chi connectivity index (χ1n) is 6.33. The summed E-state index contributed by atoms with van der Waals surface area (Å²) in [6, 6.07) is 0.564. The van der Waals surface area contributed by atoms with Crippen molar-refractivity contribution in [2.24, 2.45) is 0 Å². The molecule has 0 aliphatic carbocycles. The van der Waals surface area contributed by atoms with E-state index in [4.69, 9.17) is 0 Å². The Bertz CT molecular complexity index is 224. The van der Waals surface area contributed by atoms with Crippen LogP contribution >= 0.6 is 0 Å². The number of rotatable bonds is 1. The van der Waals surface area contributed by atoms with Crippen molar-refractivity contribution in [3.63, 3.8) is 0 Å². The number of nitrogens with zero attached hydrogens (tertiary/aromatic N) is 1. The van der Waals surface area contributed by atoms with Crippen LogP contribution in [0.1, 0.15) is 45.4 Å². The first-order valence-corrected chi connectivity index (χ1v) is 6.33. The van der Waals surface area contributed by atoms with Crippen molar-refractivity contribution in [3.05, 3.63) is 0 Å². The van der Waals surface area contributed by atoms with Crippen molar-refractivity contribution in [1.29, 1.82) is 0 Å². The monoisotopic (exact) mass is 210 g/mol. The summed E-state index contributed by atoms with van der Waals surface area (Å²) in [5, 5.41) is 3.35. The Morgan fingerprint density at radius 3 is 2.67 bits per heavy atom. The van der Waals surface area contributed by atoms with Gasteiger partial charge in [0.15, 0.2) is 0 Å². The summed E-state index contributed by atoms with van der Waals surface area (Å²) in [6.07, 6.45) is 7.09. The maximum atomic E-state index is 12.2. The molecule has 2 rings (SSSR count). The number of carbonyl (C=O) groups excluding carboxylic acids is 1. The minimum atomic E-state index is 0.110. The first-order chi connectivity index (χ1) is 7.29. The minimum absolute atomic E-state index is 0.110. The lowest BCUT2D eigenvalue weighted by Crippen LogP contribution is -2.52. The zero-order chi connectivity index (χ0) is 10.7. The van der Waals surface area contributed by atoms with E-state index in [0.717, 1.165) is 19.5 Å². The SMILES string of the molecule is CC1CCCCN1C(=O)[C@@H]1CCCCN1. The summed E-state index contributed by atoms with van der Waals surface area (Å²) >= 11 is 0. The van der Waals surface area contributed by atoms with Crippen LogP contribution < -0.4 is 5.32 Å². The van der Waals surface area contributed by atoms with Gasteiger partial charge in [-0.15, -0.1) is 0 Å². The van der Waals surface area contributed by atoms with E-state index in [1.165, 1.54) is 32.1 Å². The highest BCUT2D eigenvalue weighted by atomic mass is 16.2. The maximum Gasteiger partial charge on any atom is 0.239 e. The standard InChI is InChI=1S/C12H22N2O/c1-10-6-3-5-9-14(10)12(15)11-7-2-4-8-13-11/h10-11,13H,2-9H2,1H3/t10?,11-/m0/s1. The highest BCUT2D eigenvalue weighted by molar-refractivity contribution is 5.82. The van der Waals surface area contributed by atoms with Crippen molar-refractivity contribution in [3.8, 4) is 0 Å². The van der Waals surface area contributed by atoms with Gasteiger partial charge in [-0.05, 0) is 45.6 Å². The van der Waals surface area contributed by atoms with E-state index in [9.17, 15) is 4.79 Å². The van der Waals surface area contributed by atoms with Crippen LogP contribution in [0.2, 0.25) is 0 Å². The molecule has 0 saturated carbocycles. The second-order valence-electron chi connectivity index (χ2n) is 4.88. The molecule has 2 aliphatic rings. The van der Waals surface area contributed by atoms with E-state index in [-0.39, 0.29) is 6.04 Å². The highest BCUT2D eigenvalue weighted by Gasteiger charge is 2.29. The van der Waals surface area contributed by atoms with Gasteiger partial charge < -0.3 is 10.2 Å². The molecular formula is C12H22N2O. The van der Waals surface area contributed by atoms with E-state index in [0.29, 0.717) is 11.9 Å². The third-order valence-electron chi connectivity index (χ3n) is 3.69. The van der Waals surface area contributed by atoms with Crippen LogP contribution in [-0.4, -0.2) is 36.0 Å². The summed E-state index contributed by atoms with van der Waals surface area (Å²) in [7, 11) is 0. The number of piperidine rings is 2. The van der Waals surface area contributed by atoms with Crippen LogP contribution in [0.4, 0.5) is 0 Å². The quantitative estimate of drug-likeness (QED) is 0.712. The Hall–Kier alpha value is -0.570. The second-order valence-corrected chi connectivity index (χ2v) is 4.88. The normalized spacial score (nSPS) is 32.7. The summed E-state index contributed by atoms with van der Waals surface area (Å²) in [4.78, 5) is 14.3. The van der Waals surface area contributed by atoms with Gasteiger partial charge >= 0.3 is 0 Å². The van der Waals surface area contributed by atoms with Crippen LogP contribution in [0.25, 0.3) is 0 Å². The fraction of sp³-hybridized carbons (Fsp3) is 0.917. The summed E-state index contributed by atoms with van der Waals surface area (Å²) in [6.45, 7) is 4.16.